The highest BCUT2D eigenvalue weighted by molar-refractivity contribution is 7.80. The van der Waals surface area contributed by atoms with Gasteiger partial charge in [0.1, 0.15) is 6.04 Å². The second-order valence-electron chi connectivity index (χ2n) is 6.46. The molecule has 0 aliphatic carbocycles. The van der Waals surface area contributed by atoms with Crippen molar-refractivity contribution in [3.05, 3.63) is 29.8 Å². The molecule has 2 fully saturated rings. The van der Waals surface area contributed by atoms with Crippen LogP contribution in [0.3, 0.4) is 0 Å². The van der Waals surface area contributed by atoms with Crippen LogP contribution >= 0.6 is 0 Å². The molecule has 30 heavy (non-hydrogen) atoms. The van der Waals surface area contributed by atoms with Crippen LogP contribution in [0.2, 0.25) is 0 Å². The molecule has 162 valence electrons. The lowest BCUT2D eigenvalue weighted by molar-refractivity contribution is -0.126. The van der Waals surface area contributed by atoms with Gasteiger partial charge in [-0.1, -0.05) is 0 Å². The van der Waals surface area contributed by atoms with Crippen LogP contribution in [0.4, 0.5) is 15.3 Å². The Kier molecular flexibility index (Phi) is 5.77. The maximum absolute atomic E-state index is 12.4. The summed E-state index contributed by atoms with van der Waals surface area (Å²) in [5.74, 6) is -1.38. The molecule has 0 unspecified atom stereocenters. The lowest BCUT2D eigenvalue weighted by Gasteiger charge is -2.29. The van der Waals surface area contributed by atoms with E-state index in [9.17, 15) is 27.6 Å². The number of anilines is 1. The molecule has 0 radical (unpaired) electrons. The van der Waals surface area contributed by atoms with Crippen LogP contribution in [0.1, 0.15) is 23.2 Å². The normalized spacial score (nSPS) is 20.6. The van der Waals surface area contributed by atoms with E-state index in [1.54, 1.807) is 0 Å². The first-order valence-corrected chi connectivity index (χ1v) is 9.89. The SMILES string of the molecule is O=C(O)Nc1ccc(C(=O)NNC(=O)[C@@H]2CC[C@@H]3CN2C(=O)N3OS(=O)(=O)O)cc1. The molecule has 0 saturated carbocycles. The molecule has 0 aromatic heterocycles. The fraction of sp³-hybridized carbons (Fsp3) is 0.333. The van der Waals surface area contributed by atoms with Gasteiger partial charge in [-0.25, -0.2) is 9.59 Å². The Hall–Kier alpha value is -3.43. The van der Waals surface area contributed by atoms with Crippen molar-refractivity contribution in [2.45, 2.75) is 24.9 Å². The number of carbonyl (C=O) groups is 4. The van der Waals surface area contributed by atoms with Gasteiger partial charge in [-0.15, -0.1) is 4.28 Å². The molecule has 5 N–H and O–H groups in total. The van der Waals surface area contributed by atoms with E-state index in [1.807, 2.05) is 0 Å². The van der Waals surface area contributed by atoms with Gasteiger partial charge in [-0.2, -0.15) is 13.5 Å². The lowest BCUT2D eigenvalue weighted by atomic mass is 10.0. The molecule has 2 atom stereocenters. The predicted octanol–water partition coefficient (Wildman–Crippen LogP) is -0.459. The maximum Gasteiger partial charge on any atom is 0.418 e. The summed E-state index contributed by atoms with van der Waals surface area (Å²) in [5, 5.41) is 11.3. The quantitative estimate of drug-likeness (QED) is 0.295. The zero-order valence-electron chi connectivity index (χ0n) is 15.1. The Morgan fingerprint density at radius 3 is 2.37 bits per heavy atom. The molecule has 15 heteroatoms. The van der Waals surface area contributed by atoms with Gasteiger partial charge in [0, 0.05) is 17.8 Å². The van der Waals surface area contributed by atoms with Crippen molar-refractivity contribution in [2.24, 2.45) is 0 Å². The first-order chi connectivity index (χ1) is 14.0. The van der Waals surface area contributed by atoms with Crippen LogP contribution in [0.25, 0.3) is 0 Å². The standard InChI is InChI=1S/C15H17N5O9S/c21-12(8-1-3-9(4-2-8)16-14(23)24)17-18-13(22)11-6-5-10-7-19(11)15(25)20(10)29-30(26,27)28/h1-4,10-11,16H,5-7H2,(H,17,21)(H,18,22)(H,23,24)(H,26,27,28)/t10-,11+/m1/s1. The van der Waals surface area contributed by atoms with Crippen molar-refractivity contribution in [2.75, 3.05) is 11.9 Å². The molecule has 14 nitrogen and oxygen atoms in total. The first-order valence-electron chi connectivity index (χ1n) is 8.52. The van der Waals surface area contributed by atoms with Crippen LogP contribution < -0.4 is 16.2 Å². The molecule has 2 heterocycles. The summed E-state index contributed by atoms with van der Waals surface area (Å²) in [5.41, 5.74) is 4.77. The molecular formula is C15H17N5O9S. The Morgan fingerprint density at radius 1 is 1.10 bits per heavy atom. The number of carboxylic acid groups (broad SMARTS) is 1. The minimum Gasteiger partial charge on any atom is -0.465 e. The van der Waals surface area contributed by atoms with Crippen LogP contribution in [0, 0.1) is 0 Å². The summed E-state index contributed by atoms with van der Waals surface area (Å²) < 4.78 is 34.8. The van der Waals surface area contributed by atoms with E-state index in [0.29, 0.717) is 5.06 Å². The number of hydrogen-bond acceptors (Lipinski definition) is 7. The number of rotatable bonds is 5. The second-order valence-corrected chi connectivity index (χ2v) is 7.47. The third-order valence-corrected chi connectivity index (χ3v) is 4.85. The maximum atomic E-state index is 12.4. The van der Waals surface area contributed by atoms with Gasteiger partial charge in [-0.3, -0.25) is 30.3 Å². The highest BCUT2D eigenvalue weighted by atomic mass is 32.3. The number of hydroxylamine groups is 2. The van der Waals surface area contributed by atoms with E-state index in [1.165, 1.54) is 24.3 Å². The zero-order valence-corrected chi connectivity index (χ0v) is 16.0. The largest absolute Gasteiger partial charge is 0.465 e. The van der Waals surface area contributed by atoms with Crippen LogP contribution in [0.5, 0.6) is 0 Å². The molecule has 5 amide bonds. The number of hydrazine groups is 1. The number of piperidine rings is 1. The Balaban J connectivity index is 1.57. The summed E-state index contributed by atoms with van der Waals surface area (Å²) in [6.45, 7) is 0.0123. The molecule has 2 aliphatic heterocycles. The Labute approximate surface area is 169 Å². The van der Waals surface area contributed by atoms with Crippen molar-refractivity contribution >= 4 is 40.0 Å². The number of urea groups is 1. The summed E-state index contributed by atoms with van der Waals surface area (Å²) in [7, 11) is -4.89. The van der Waals surface area contributed by atoms with Crippen molar-refractivity contribution in [3.63, 3.8) is 0 Å². The van der Waals surface area contributed by atoms with Gasteiger partial charge in [0.2, 0.25) is 0 Å². The van der Waals surface area contributed by atoms with E-state index >= 15 is 0 Å². The summed E-state index contributed by atoms with van der Waals surface area (Å²) in [4.78, 5) is 48.5. The average molecular weight is 443 g/mol. The summed E-state index contributed by atoms with van der Waals surface area (Å²) in [6, 6.07) is 2.88. The molecule has 2 bridgehead atoms. The van der Waals surface area contributed by atoms with Crippen molar-refractivity contribution in [3.8, 4) is 0 Å². The number of nitrogens with one attached hydrogen (secondary N) is 3. The van der Waals surface area contributed by atoms with Crippen molar-refractivity contribution in [1.82, 2.24) is 20.8 Å². The number of amides is 5. The van der Waals surface area contributed by atoms with Gasteiger partial charge >= 0.3 is 22.5 Å². The predicted molar refractivity (Wildman–Crippen MR) is 97.1 cm³/mol. The smallest absolute Gasteiger partial charge is 0.418 e. The number of benzene rings is 1. The summed E-state index contributed by atoms with van der Waals surface area (Å²) in [6.07, 6.45) is -0.841. The lowest BCUT2D eigenvalue weighted by Crippen LogP contribution is -2.54. The van der Waals surface area contributed by atoms with Gasteiger partial charge in [0.15, 0.2) is 0 Å². The topological polar surface area (TPSA) is 195 Å². The highest BCUT2D eigenvalue weighted by Gasteiger charge is 2.49. The third kappa shape index (κ3) is 4.76. The number of hydrogen-bond donors (Lipinski definition) is 5. The van der Waals surface area contributed by atoms with Gasteiger partial charge in [0.25, 0.3) is 11.8 Å². The fourth-order valence-electron chi connectivity index (χ4n) is 3.21. The van der Waals surface area contributed by atoms with Gasteiger partial charge < -0.3 is 10.0 Å². The minimum atomic E-state index is -4.89. The molecule has 2 aliphatic rings. The first kappa shape index (κ1) is 21.3. The fourth-order valence-corrected chi connectivity index (χ4v) is 3.59. The van der Waals surface area contributed by atoms with Crippen LogP contribution in [-0.2, 0) is 19.5 Å². The molecule has 3 rings (SSSR count). The van der Waals surface area contributed by atoms with E-state index in [4.69, 9.17) is 9.66 Å². The third-order valence-electron chi connectivity index (χ3n) is 4.50. The van der Waals surface area contributed by atoms with Crippen LogP contribution in [0.15, 0.2) is 24.3 Å². The number of nitrogens with zero attached hydrogens (tertiary/aromatic N) is 2. The molecule has 2 saturated heterocycles. The monoisotopic (exact) mass is 443 g/mol. The summed E-state index contributed by atoms with van der Waals surface area (Å²) >= 11 is 0. The second kappa shape index (κ2) is 8.13. The average Bonchev–Trinajstić information content (AvgIpc) is 2.89. The number of carbonyl (C=O) groups excluding carboxylic acids is 3. The van der Waals surface area contributed by atoms with Gasteiger partial charge in [0.05, 0.1) is 6.04 Å². The van der Waals surface area contributed by atoms with E-state index in [2.05, 4.69) is 20.5 Å². The molecule has 1 aromatic carbocycles. The Bertz CT molecular complexity index is 981. The Morgan fingerprint density at radius 2 is 1.77 bits per heavy atom. The number of fused-ring (bicyclic) bond motifs is 2. The van der Waals surface area contributed by atoms with Crippen molar-refractivity contribution < 1.29 is 41.5 Å². The van der Waals surface area contributed by atoms with Crippen molar-refractivity contribution in [1.29, 1.82) is 0 Å². The minimum absolute atomic E-state index is 0.0123. The molecule has 1 aromatic rings. The van der Waals surface area contributed by atoms with E-state index in [-0.39, 0.29) is 30.6 Å². The van der Waals surface area contributed by atoms with Crippen LogP contribution in [-0.4, -0.2) is 70.6 Å². The zero-order chi connectivity index (χ0) is 22.1. The van der Waals surface area contributed by atoms with E-state index < -0.39 is 46.4 Å². The molecular weight excluding hydrogens is 426 g/mol. The van der Waals surface area contributed by atoms with Gasteiger partial charge in [-0.05, 0) is 37.1 Å². The van der Waals surface area contributed by atoms with E-state index in [0.717, 1.165) is 4.90 Å². The highest BCUT2D eigenvalue weighted by Crippen LogP contribution is 2.30. The molecule has 0 spiro atoms.